The fraction of sp³-hybridized carbons (Fsp3) is 0.829. The van der Waals surface area contributed by atoms with E-state index in [0.29, 0.717) is 12.8 Å². The number of halogens is 1. The lowest BCUT2D eigenvalue weighted by Crippen LogP contribution is -2.60. The summed E-state index contributed by atoms with van der Waals surface area (Å²) in [6, 6.07) is 7.03. The second-order valence-electron chi connectivity index (χ2n) is 14.9. The summed E-state index contributed by atoms with van der Waals surface area (Å²) in [6.45, 7) is 1.32. The third kappa shape index (κ3) is 19.8. The molecule has 0 aliphatic carbocycles. The predicted molar refractivity (Wildman–Crippen MR) is 206 cm³/mol. The van der Waals surface area contributed by atoms with Gasteiger partial charge in [0.05, 0.1) is 25.4 Å². The Morgan fingerprint density at radius 3 is 1.83 bits per heavy atom. The zero-order chi connectivity index (χ0) is 38.0. The van der Waals surface area contributed by atoms with E-state index < -0.39 is 55.6 Å². The molecule has 0 spiro atoms. The van der Waals surface area contributed by atoms with E-state index in [1.165, 1.54) is 69.8 Å². The van der Waals surface area contributed by atoms with E-state index in [4.69, 9.17) is 21.1 Å². The van der Waals surface area contributed by atoms with Gasteiger partial charge >= 0.3 is 0 Å². The van der Waals surface area contributed by atoms with Crippen LogP contribution in [0.5, 0.6) is 0 Å². The van der Waals surface area contributed by atoms with Crippen LogP contribution in [0.2, 0.25) is 5.02 Å². The van der Waals surface area contributed by atoms with Crippen molar-refractivity contribution in [3.63, 3.8) is 0 Å². The van der Waals surface area contributed by atoms with Crippen LogP contribution < -0.4 is 5.32 Å². The zero-order valence-corrected chi connectivity index (χ0v) is 32.6. The minimum Gasteiger partial charge on any atom is -0.394 e. The van der Waals surface area contributed by atoms with E-state index >= 15 is 0 Å². The molecule has 1 aromatic rings. The number of ether oxygens (including phenoxy) is 2. The Morgan fingerprint density at radius 1 is 0.750 bits per heavy atom. The van der Waals surface area contributed by atoms with Crippen molar-refractivity contribution in [2.75, 3.05) is 13.2 Å². The van der Waals surface area contributed by atoms with Crippen LogP contribution >= 0.6 is 11.6 Å². The fourth-order valence-electron chi connectivity index (χ4n) is 6.87. The summed E-state index contributed by atoms with van der Waals surface area (Å²) < 4.78 is 11.1. The molecule has 7 N–H and O–H groups in total. The summed E-state index contributed by atoms with van der Waals surface area (Å²) >= 11 is 5.96. The Balaban J connectivity index is 1.72. The number of aliphatic hydroxyl groups is 6. The first-order chi connectivity index (χ1) is 25.2. The molecular formula is C41H72ClNO9. The van der Waals surface area contributed by atoms with Crippen molar-refractivity contribution in [2.24, 2.45) is 0 Å². The Bertz CT molecular complexity index is 1020. The Kier molecular flexibility index (Phi) is 26.1. The van der Waals surface area contributed by atoms with Crippen molar-refractivity contribution < 1.29 is 44.9 Å². The number of hydrogen-bond acceptors (Lipinski definition) is 9. The molecule has 52 heavy (non-hydrogen) atoms. The Labute approximate surface area is 318 Å². The first-order valence-corrected chi connectivity index (χ1v) is 20.9. The van der Waals surface area contributed by atoms with Crippen molar-refractivity contribution in [2.45, 2.75) is 204 Å². The van der Waals surface area contributed by atoms with E-state index in [9.17, 15) is 35.4 Å². The monoisotopic (exact) mass is 757 g/mol. The van der Waals surface area contributed by atoms with Gasteiger partial charge in [0, 0.05) is 11.4 Å². The molecule has 0 aromatic heterocycles. The maximum Gasteiger partial charge on any atom is 0.220 e. The fourth-order valence-corrected chi connectivity index (χ4v) is 6.99. The number of hydrogen-bond donors (Lipinski definition) is 7. The number of rotatable bonds is 31. The largest absolute Gasteiger partial charge is 0.394 e. The average molecular weight is 758 g/mol. The van der Waals surface area contributed by atoms with Crippen LogP contribution in [-0.4, -0.2) is 98.7 Å². The van der Waals surface area contributed by atoms with Crippen LogP contribution in [-0.2, 0) is 20.7 Å². The summed E-state index contributed by atoms with van der Waals surface area (Å²) in [5.74, 6) is -0.277. The van der Waals surface area contributed by atoms with Gasteiger partial charge in [-0.3, -0.25) is 4.79 Å². The molecule has 0 bridgehead atoms. The third-order valence-corrected chi connectivity index (χ3v) is 10.6. The molecule has 1 aliphatic rings. The van der Waals surface area contributed by atoms with Gasteiger partial charge in [-0.2, -0.15) is 0 Å². The van der Waals surface area contributed by atoms with Gasteiger partial charge in [-0.15, -0.1) is 0 Å². The van der Waals surface area contributed by atoms with Crippen LogP contribution in [0.15, 0.2) is 24.3 Å². The molecule has 2 rings (SSSR count). The van der Waals surface area contributed by atoms with Crippen LogP contribution in [0.1, 0.15) is 154 Å². The molecule has 1 saturated heterocycles. The van der Waals surface area contributed by atoms with E-state index in [0.717, 1.165) is 69.2 Å². The van der Waals surface area contributed by atoms with Crippen molar-refractivity contribution in [3.05, 3.63) is 34.9 Å². The van der Waals surface area contributed by atoms with Crippen LogP contribution in [0.4, 0.5) is 0 Å². The van der Waals surface area contributed by atoms with Crippen molar-refractivity contribution in [1.82, 2.24) is 5.32 Å². The normalized spacial score (nSPS) is 22.3. The molecule has 302 valence electrons. The lowest BCUT2D eigenvalue weighted by atomic mass is 9.98. The molecule has 1 aromatic carbocycles. The number of benzene rings is 1. The minimum atomic E-state index is -1.61. The molecular weight excluding hydrogens is 686 g/mol. The smallest absolute Gasteiger partial charge is 0.220 e. The van der Waals surface area contributed by atoms with Gasteiger partial charge in [-0.1, -0.05) is 146 Å². The number of carbonyl (C=O) groups is 1. The van der Waals surface area contributed by atoms with Crippen LogP contribution in [0.25, 0.3) is 0 Å². The van der Waals surface area contributed by atoms with Gasteiger partial charge in [-0.05, 0) is 43.4 Å². The summed E-state index contributed by atoms with van der Waals surface area (Å²) in [5.41, 5.74) is 1.31. The second kappa shape index (κ2) is 29.0. The van der Waals surface area contributed by atoms with Gasteiger partial charge in [-0.25, -0.2) is 0 Å². The molecule has 1 heterocycles. The zero-order valence-electron chi connectivity index (χ0n) is 31.9. The number of aliphatic hydroxyl groups excluding tert-OH is 6. The summed E-state index contributed by atoms with van der Waals surface area (Å²) in [4.78, 5) is 13.0. The van der Waals surface area contributed by atoms with E-state index in [2.05, 4.69) is 24.4 Å². The van der Waals surface area contributed by atoms with E-state index in [1.54, 1.807) is 0 Å². The minimum absolute atomic E-state index is 0.263. The van der Waals surface area contributed by atoms with Crippen molar-refractivity contribution in [1.29, 1.82) is 0 Å². The van der Waals surface area contributed by atoms with Crippen molar-refractivity contribution >= 4 is 17.5 Å². The highest BCUT2D eigenvalue weighted by Gasteiger charge is 2.44. The molecule has 0 radical (unpaired) electrons. The standard InChI is InChI=1S/C41H72ClNO9/c1-2-3-4-5-6-7-8-9-10-14-17-20-23-34(45)37(47)33(30-51-41-40(50)39(49)38(48)35(29-44)52-41)43-36(46)24-21-18-15-12-11-13-16-19-22-31-25-27-32(42)28-26-31/h25-28,33-35,37-41,44-45,47-50H,2-24,29-30H2,1H3,(H,43,46)/t33-,34+,35+,37-,38-,39-,40+,41-/m0/s1. The number of aryl methyl sites for hydroxylation is 1. The highest BCUT2D eigenvalue weighted by Crippen LogP contribution is 2.23. The quantitative estimate of drug-likeness (QED) is 0.0418. The van der Waals surface area contributed by atoms with E-state index in [1.807, 2.05) is 12.1 Å². The van der Waals surface area contributed by atoms with Crippen LogP contribution in [0, 0.1) is 0 Å². The highest BCUT2D eigenvalue weighted by molar-refractivity contribution is 6.30. The van der Waals surface area contributed by atoms with Gasteiger partial charge in [0.15, 0.2) is 6.29 Å². The van der Waals surface area contributed by atoms with Crippen LogP contribution in [0.3, 0.4) is 0 Å². The second-order valence-corrected chi connectivity index (χ2v) is 15.3. The maximum atomic E-state index is 13.0. The highest BCUT2D eigenvalue weighted by atomic mass is 35.5. The Morgan fingerprint density at radius 2 is 1.27 bits per heavy atom. The maximum absolute atomic E-state index is 13.0. The lowest BCUT2D eigenvalue weighted by Gasteiger charge is -2.40. The van der Waals surface area contributed by atoms with Gasteiger partial charge < -0.3 is 45.4 Å². The number of carbonyl (C=O) groups excluding carboxylic acids is 1. The first-order valence-electron chi connectivity index (χ1n) is 20.5. The van der Waals surface area contributed by atoms with Gasteiger partial charge in [0.2, 0.25) is 5.91 Å². The molecule has 11 heteroatoms. The predicted octanol–water partition coefficient (Wildman–Crippen LogP) is 6.51. The van der Waals surface area contributed by atoms with Crippen molar-refractivity contribution in [3.8, 4) is 0 Å². The molecule has 10 nitrogen and oxygen atoms in total. The molecule has 1 fully saturated rings. The summed E-state index contributed by atoms with van der Waals surface area (Å²) in [5, 5.41) is 65.7. The first kappa shape index (κ1) is 46.8. The topological polar surface area (TPSA) is 169 Å². The third-order valence-electron chi connectivity index (χ3n) is 10.3. The molecule has 0 saturated carbocycles. The average Bonchev–Trinajstić information content (AvgIpc) is 3.14. The van der Waals surface area contributed by atoms with Gasteiger partial charge in [0.25, 0.3) is 0 Å². The molecule has 1 amide bonds. The molecule has 8 atom stereocenters. The summed E-state index contributed by atoms with van der Waals surface area (Å²) in [7, 11) is 0. The van der Waals surface area contributed by atoms with Gasteiger partial charge in [0.1, 0.15) is 30.5 Å². The molecule has 1 aliphatic heterocycles. The molecule has 0 unspecified atom stereocenters. The lowest BCUT2D eigenvalue weighted by molar-refractivity contribution is -0.303. The SMILES string of the molecule is CCCCCCCCCCCCCC[C@@H](O)[C@@H](O)[C@H](CO[C@H]1O[C@H](CO)[C@H](O)[C@H](O)[C@H]1O)NC(=O)CCCCCCCCCCc1ccc(Cl)cc1. The Hall–Kier alpha value is -1.34. The summed E-state index contributed by atoms with van der Waals surface area (Å²) in [6.07, 6.45) is 14.7. The number of nitrogens with one attached hydrogen (secondary N) is 1. The van der Waals surface area contributed by atoms with E-state index in [-0.39, 0.29) is 18.9 Å². The number of amides is 1. The number of unbranched alkanes of at least 4 members (excludes halogenated alkanes) is 18.